The summed E-state index contributed by atoms with van der Waals surface area (Å²) in [6, 6.07) is -1.21. The molecule has 1 heterocycles. The van der Waals surface area contributed by atoms with E-state index in [-0.39, 0.29) is 64.8 Å². The summed E-state index contributed by atoms with van der Waals surface area (Å²) in [6.07, 6.45) is 0.145. The molecule has 44 heavy (non-hydrogen) atoms. The van der Waals surface area contributed by atoms with E-state index >= 15 is 0 Å². The van der Waals surface area contributed by atoms with Crippen LogP contribution in [-0.4, -0.2) is 98.1 Å². The van der Waals surface area contributed by atoms with Crippen LogP contribution in [0.5, 0.6) is 0 Å². The van der Waals surface area contributed by atoms with E-state index in [0.29, 0.717) is 24.8 Å². The first-order valence-electron chi connectivity index (χ1n) is 16.5. The van der Waals surface area contributed by atoms with Crippen molar-refractivity contribution in [1.82, 2.24) is 5.32 Å². The van der Waals surface area contributed by atoms with Crippen molar-refractivity contribution < 1.29 is 49.7 Å². The van der Waals surface area contributed by atoms with E-state index in [2.05, 4.69) is 25.7 Å². The largest absolute Gasteiger partial charge is 0.459 e. The minimum absolute atomic E-state index is 0.0444. The first-order chi connectivity index (χ1) is 20.7. The lowest BCUT2D eigenvalue weighted by Crippen LogP contribution is -2.64. The van der Waals surface area contributed by atoms with E-state index in [1.807, 2.05) is 0 Å². The highest BCUT2D eigenvalue weighted by Gasteiger charge is 2.65. The molecule has 1 aliphatic heterocycles. The highest BCUT2D eigenvalue weighted by atomic mass is 16.6. The number of esters is 1. The van der Waals surface area contributed by atoms with E-state index in [4.69, 9.17) is 9.47 Å². The highest BCUT2D eigenvalue weighted by molar-refractivity contribution is 5.87. The molecule has 2 unspecified atom stereocenters. The molecule has 0 spiro atoms. The molecule has 0 aromatic heterocycles. The van der Waals surface area contributed by atoms with Crippen molar-refractivity contribution in [1.29, 1.82) is 0 Å². The van der Waals surface area contributed by atoms with Crippen LogP contribution in [0.3, 0.4) is 0 Å². The Hall–Kier alpha value is -1.60. The number of nitrogens with one attached hydrogen (secondary N) is 1. The van der Waals surface area contributed by atoms with Crippen molar-refractivity contribution in [2.24, 2.45) is 40.4 Å². The van der Waals surface area contributed by atoms with Gasteiger partial charge in [-0.3, -0.25) is 4.79 Å². The fourth-order valence-electron chi connectivity index (χ4n) is 10.1. The Bertz CT molecular complexity index is 1090. The molecule has 0 bridgehead atoms. The van der Waals surface area contributed by atoms with Crippen molar-refractivity contribution in [3.8, 4) is 0 Å². The Kier molecular flexibility index (Phi) is 9.89. The van der Waals surface area contributed by atoms with Gasteiger partial charge in [-0.1, -0.05) is 20.4 Å². The normalized spacial score (nSPS) is 48.4. The van der Waals surface area contributed by atoms with Gasteiger partial charge < -0.3 is 45.4 Å². The molecule has 0 aromatic rings. The van der Waals surface area contributed by atoms with E-state index in [9.17, 15) is 40.2 Å². The van der Waals surface area contributed by atoms with E-state index in [1.165, 1.54) is 0 Å². The molecule has 0 radical (unpaired) electrons. The van der Waals surface area contributed by atoms with Gasteiger partial charge in [0.1, 0.15) is 30.5 Å². The number of hydrogen-bond donors (Lipinski definition) is 7. The molecule has 7 N–H and O–H groups in total. The molecule has 1 amide bonds. The molecule has 11 heteroatoms. The molecule has 15 atom stereocenters. The van der Waals surface area contributed by atoms with Crippen LogP contribution in [0.15, 0.2) is 12.2 Å². The Morgan fingerprint density at radius 3 is 2.41 bits per heavy atom. The Labute approximate surface area is 260 Å². The zero-order valence-electron chi connectivity index (χ0n) is 26.3. The number of fused-ring (bicyclic) bond motifs is 5. The third-order valence-electron chi connectivity index (χ3n) is 12.7. The molecule has 1 saturated heterocycles. The zero-order valence-corrected chi connectivity index (χ0v) is 26.3. The van der Waals surface area contributed by atoms with Gasteiger partial charge in [0.2, 0.25) is 5.91 Å². The second-order valence-electron chi connectivity index (χ2n) is 15.0. The van der Waals surface area contributed by atoms with Crippen molar-refractivity contribution in [2.75, 3.05) is 6.61 Å². The smallest absolute Gasteiger partial charge is 0.333 e. The molecule has 0 aromatic carbocycles. The van der Waals surface area contributed by atoms with Crippen molar-refractivity contribution in [2.45, 2.75) is 134 Å². The van der Waals surface area contributed by atoms with Gasteiger partial charge in [0.25, 0.3) is 0 Å². The number of hydrogen-bond acceptors (Lipinski definition) is 10. The second-order valence-corrected chi connectivity index (χ2v) is 15.0. The number of amides is 1. The predicted octanol–water partition coefficient (Wildman–Crippen LogP) is 1.16. The lowest BCUT2D eigenvalue weighted by atomic mass is 9.43. The SMILES string of the molecule is C=C(C)C(=O)O[C@@H]1CC[C@]2(C)C3C[C@H](O)[C@]4(C)[C@@H](CCCC(=O)N[C@@H]5[C@@H](O)[C@H](O)[C@@H](CO)O[C@@H]5O)CC[C@H]4C3[C@H](O)C[C@@H]2C1. The van der Waals surface area contributed by atoms with E-state index in [0.717, 1.165) is 38.5 Å². The number of aliphatic hydroxyl groups is 6. The van der Waals surface area contributed by atoms with Crippen LogP contribution >= 0.6 is 0 Å². The Morgan fingerprint density at radius 1 is 1.00 bits per heavy atom. The standard InChI is InChI=1S/C33H53NO10/c1-16(2)30(41)43-19-10-11-32(3)18(12-19)13-22(36)26-20-9-8-17(33(20,4)24(37)14-21(26)32)6-5-7-25(38)34-27-29(40)28(39)23(15-35)44-31(27)42/h17-24,26-29,31,35-37,39-40,42H,1,5-15H2,2-4H3,(H,34,38)/t17-,18-,19+,20-,21?,22+,23+,24-,26?,27+,28+,29+,31-,32-,33+/m0/s1. The van der Waals surface area contributed by atoms with Crippen LogP contribution in [0.1, 0.15) is 85.0 Å². The molecule has 5 rings (SSSR count). The summed E-state index contributed by atoms with van der Waals surface area (Å²) in [5.41, 5.74) is -0.0262. The van der Waals surface area contributed by atoms with Crippen LogP contribution in [0.4, 0.5) is 0 Å². The fraction of sp³-hybridized carbons (Fsp3) is 0.879. The summed E-state index contributed by atoms with van der Waals surface area (Å²) in [5, 5.41) is 65.8. The van der Waals surface area contributed by atoms with E-state index < -0.39 is 49.5 Å². The number of carbonyl (C=O) groups is 2. The van der Waals surface area contributed by atoms with Crippen LogP contribution in [-0.2, 0) is 19.1 Å². The van der Waals surface area contributed by atoms with Crippen LogP contribution in [0.2, 0.25) is 0 Å². The molecule has 11 nitrogen and oxygen atoms in total. The summed E-state index contributed by atoms with van der Waals surface area (Å²) in [4.78, 5) is 24.9. The second kappa shape index (κ2) is 12.9. The summed E-state index contributed by atoms with van der Waals surface area (Å²) in [7, 11) is 0. The first kappa shape index (κ1) is 33.8. The topological polar surface area (TPSA) is 186 Å². The van der Waals surface area contributed by atoms with Gasteiger partial charge in [0.05, 0.1) is 18.8 Å². The summed E-state index contributed by atoms with van der Waals surface area (Å²) in [6.45, 7) is 9.25. The average molecular weight is 624 g/mol. The molecule has 5 fully saturated rings. The van der Waals surface area contributed by atoms with E-state index in [1.54, 1.807) is 6.92 Å². The van der Waals surface area contributed by atoms with Gasteiger partial charge in [-0.25, -0.2) is 4.79 Å². The summed E-state index contributed by atoms with van der Waals surface area (Å²) in [5.74, 6) is 0.102. The monoisotopic (exact) mass is 623 g/mol. The number of aliphatic hydroxyl groups excluding tert-OH is 6. The van der Waals surface area contributed by atoms with Gasteiger partial charge in [-0.15, -0.1) is 0 Å². The summed E-state index contributed by atoms with van der Waals surface area (Å²) >= 11 is 0. The minimum atomic E-state index is -1.56. The molecular formula is C33H53NO10. The number of carbonyl (C=O) groups excluding carboxylic acids is 2. The number of rotatable bonds is 8. The molecule has 5 aliphatic rings. The average Bonchev–Trinajstić information content (AvgIpc) is 3.31. The van der Waals surface area contributed by atoms with Crippen molar-refractivity contribution in [3.05, 3.63) is 12.2 Å². The van der Waals surface area contributed by atoms with Gasteiger partial charge in [0, 0.05) is 12.0 Å². The highest BCUT2D eigenvalue weighted by Crippen LogP contribution is 2.68. The van der Waals surface area contributed by atoms with Gasteiger partial charge in [-0.05, 0) is 105 Å². The van der Waals surface area contributed by atoms with Crippen LogP contribution < -0.4 is 5.32 Å². The molecule has 250 valence electrons. The van der Waals surface area contributed by atoms with Crippen molar-refractivity contribution in [3.63, 3.8) is 0 Å². The summed E-state index contributed by atoms with van der Waals surface area (Å²) < 4.78 is 10.8. The molecule has 4 saturated carbocycles. The maximum absolute atomic E-state index is 12.7. The lowest BCUT2D eigenvalue weighted by molar-refractivity contribution is -0.253. The maximum atomic E-state index is 12.7. The third kappa shape index (κ3) is 5.87. The van der Waals surface area contributed by atoms with Crippen molar-refractivity contribution >= 4 is 11.9 Å². The minimum Gasteiger partial charge on any atom is -0.459 e. The van der Waals surface area contributed by atoms with Crippen LogP contribution in [0, 0.1) is 40.4 Å². The number of ether oxygens (including phenoxy) is 2. The third-order valence-corrected chi connectivity index (χ3v) is 12.7. The molecule has 4 aliphatic carbocycles. The quantitative estimate of drug-likeness (QED) is 0.153. The van der Waals surface area contributed by atoms with Crippen LogP contribution in [0.25, 0.3) is 0 Å². The van der Waals surface area contributed by atoms with Gasteiger partial charge in [0.15, 0.2) is 6.29 Å². The Balaban J connectivity index is 1.19. The fourth-order valence-corrected chi connectivity index (χ4v) is 10.1. The maximum Gasteiger partial charge on any atom is 0.333 e. The van der Waals surface area contributed by atoms with Gasteiger partial charge >= 0.3 is 5.97 Å². The Morgan fingerprint density at radius 2 is 1.73 bits per heavy atom. The molecular weight excluding hydrogens is 570 g/mol. The predicted molar refractivity (Wildman–Crippen MR) is 158 cm³/mol. The lowest BCUT2D eigenvalue weighted by Gasteiger charge is -2.63. The first-order valence-corrected chi connectivity index (χ1v) is 16.5. The van der Waals surface area contributed by atoms with Gasteiger partial charge in [-0.2, -0.15) is 0 Å². The zero-order chi connectivity index (χ0) is 32.1.